The van der Waals surface area contributed by atoms with Crippen molar-refractivity contribution < 1.29 is 19.0 Å². The zero-order chi connectivity index (χ0) is 14.5. The highest BCUT2D eigenvalue weighted by atomic mass is 35.5. The molecule has 0 saturated heterocycles. The number of carbonyl (C=O) groups is 1. The first-order chi connectivity index (χ1) is 9.56. The fourth-order valence-corrected chi connectivity index (χ4v) is 1.91. The lowest BCUT2D eigenvalue weighted by Gasteiger charge is -2.11. The Hall–Kier alpha value is -2.07. The Bertz CT molecular complexity index is 628. The van der Waals surface area contributed by atoms with Gasteiger partial charge in [0.25, 0.3) is 0 Å². The zero-order valence-corrected chi connectivity index (χ0v) is 11.2. The third-order valence-electron chi connectivity index (χ3n) is 2.71. The molecule has 1 N–H and O–H groups in total. The summed E-state index contributed by atoms with van der Waals surface area (Å²) in [5.74, 6) is -0.962. The van der Waals surface area contributed by atoms with Gasteiger partial charge in [-0.2, -0.15) is 0 Å². The maximum absolute atomic E-state index is 13.6. The molecule has 0 unspecified atom stereocenters. The standard InChI is InChI=1S/C15H12ClFO3/c16-12-6-5-11(13(17)8-12)9-20-14-4-2-1-3-10(14)7-15(18)19/h1-6,8H,7,9H2,(H,18,19). The summed E-state index contributed by atoms with van der Waals surface area (Å²) in [5.41, 5.74) is 0.911. The number of para-hydroxylation sites is 1. The van der Waals surface area contributed by atoms with Gasteiger partial charge in [0.1, 0.15) is 18.2 Å². The summed E-state index contributed by atoms with van der Waals surface area (Å²) in [6, 6.07) is 11.1. The number of ether oxygens (including phenoxy) is 1. The first kappa shape index (κ1) is 14.3. The topological polar surface area (TPSA) is 46.5 Å². The molecule has 0 aliphatic carbocycles. The SMILES string of the molecule is O=C(O)Cc1ccccc1OCc1ccc(Cl)cc1F. The quantitative estimate of drug-likeness (QED) is 0.915. The van der Waals surface area contributed by atoms with Gasteiger partial charge in [0.15, 0.2) is 0 Å². The number of hydrogen-bond acceptors (Lipinski definition) is 2. The van der Waals surface area contributed by atoms with E-state index < -0.39 is 11.8 Å². The molecular formula is C15H12ClFO3. The summed E-state index contributed by atoms with van der Waals surface area (Å²) in [4.78, 5) is 10.8. The molecule has 0 bridgehead atoms. The highest BCUT2D eigenvalue weighted by molar-refractivity contribution is 6.30. The van der Waals surface area contributed by atoms with Gasteiger partial charge in [-0.3, -0.25) is 4.79 Å². The number of carboxylic acids is 1. The lowest BCUT2D eigenvalue weighted by atomic mass is 10.1. The van der Waals surface area contributed by atoms with E-state index >= 15 is 0 Å². The molecule has 0 saturated carbocycles. The lowest BCUT2D eigenvalue weighted by Crippen LogP contribution is -2.04. The van der Waals surface area contributed by atoms with Gasteiger partial charge in [-0.1, -0.05) is 35.9 Å². The molecule has 0 aromatic heterocycles. The highest BCUT2D eigenvalue weighted by Gasteiger charge is 2.09. The number of aliphatic carboxylic acids is 1. The van der Waals surface area contributed by atoms with E-state index in [0.29, 0.717) is 21.9 Å². The summed E-state index contributed by atoms with van der Waals surface area (Å²) in [5, 5.41) is 9.14. The van der Waals surface area contributed by atoms with Crippen LogP contribution in [0.3, 0.4) is 0 Å². The van der Waals surface area contributed by atoms with Gasteiger partial charge >= 0.3 is 5.97 Å². The molecule has 0 heterocycles. The summed E-state index contributed by atoms with van der Waals surface area (Å²) < 4.78 is 19.1. The van der Waals surface area contributed by atoms with Crippen LogP contribution in [0.25, 0.3) is 0 Å². The van der Waals surface area contributed by atoms with Gasteiger partial charge in [0, 0.05) is 16.1 Å². The number of carboxylic acid groups (broad SMARTS) is 1. The zero-order valence-electron chi connectivity index (χ0n) is 10.5. The van der Waals surface area contributed by atoms with E-state index in [4.69, 9.17) is 21.4 Å². The fourth-order valence-electron chi connectivity index (χ4n) is 1.75. The van der Waals surface area contributed by atoms with E-state index in [1.54, 1.807) is 30.3 Å². The Morgan fingerprint density at radius 2 is 1.95 bits per heavy atom. The van der Waals surface area contributed by atoms with Crippen LogP contribution in [-0.4, -0.2) is 11.1 Å². The summed E-state index contributed by atoms with van der Waals surface area (Å²) in [7, 11) is 0. The molecule has 0 atom stereocenters. The van der Waals surface area contributed by atoms with E-state index in [-0.39, 0.29) is 13.0 Å². The molecule has 2 aromatic rings. The molecule has 0 fully saturated rings. The van der Waals surface area contributed by atoms with Gasteiger partial charge in [-0.05, 0) is 18.2 Å². The van der Waals surface area contributed by atoms with E-state index in [9.17, 15) is 9.18 Å². The van der Waals surface area contributed by atoms with Crippen molar-refractivity contribution in [2.75, 3.05) is 0 Å². The summed E-state index contributed by atoms with van der Waals surface area (Å²) >= 11 is 5.67. The van der Waals surface area contributed by atoms with Gasteiger partial charge in [0.05, 0.1) is 6.42 Å². The number of hydrogen-bond donors (Lipinski definition) is 1. The van der Waals surface area contributed by atoms with Gasteiger partial charge < -0.3 is 9.84 Å². The van der Waals surface area contributed by atoms with Crippen LogP contribution in [-0.2, 0) is 17.8 Å². The second-order valence-corrected chi connectivity index (χ2v) is 4.64. The van der Waals surface area contributed by atoms with Crippen LogP contribution in [0, 0.1) is 5.82 Å². The Labute approximate surface area is 120 Å². The monoisotopic (exact) mass is 294 g/mol. The largest absolute Gasteiger partial charge is 0.488 e. The smallest absolute Gasteiger partial charge is 0.307 e. The molecule has 104 valence electrons. The van der Waals surface area contributed by atoms with Crippen molar-refractivity contribution >= 4 is 17.6 Å². The lowest BCUT2D eigenvalue weighted by molar-refractivity contribution is -0.136. The molecule has 3 nitrogen and oxygen atoms in total. The van der Waals surface area contributed by atoms with E-state index in [0.717, 1.165) is 0 Å². The first-order valence-corrected chi connectivity index (χ1v) is 6.30. The van der Waals surface area contributed by atoms with Gasteiger partial charge in [-0.25, -0.2) is 4.39 Å². The Balaban J connectivity index is 2.12. The van der Waals surface area contributed by atoms with E-state index in [2.05, 4.69) is 0 Å². The summed E-state index contributed by atoms with van der Waals surface area (Å²) in [6.45, 7) is 0.0135. The third-order valence-corrected chi connectivity index (χ3v) is 2.95. The second kappa shape index (κ2) is 6.39. The van der Waals surface area contributed by atoms with Crippen molar-refractivity contribution in [3.05, 3.63) is 64.4 Å². The third kappa shape index (κ3) is 3.71. The molecule has 0 aliphatic rings. The molecule has 2 rings (SSSR count). The minimum absolute atomic E-state index is 0.0135. The normalized spacial score (nSPS) is 10.3. The molecular weight excluding hydrogens is 283 g/mol. The molecule has 0 aliphatic heterocycles. The Kier molecular flexibility index (Phi) is 4.58. The Morgan fingerprint density at radius 1 is 1.20 bits per heavy atom. The van der Waals surface area contributed by atoms with Crippen LogP contribution >= 0.6 is 11.6 Å². The Morgan fingerprint density at radius 3 is 2.65 bits per heavy atom. The number of benzene rings is 2. The van der Waals surface area contributed by atoms with Crippen LogP contribution in [0.2, 0.25) is 5.02 Å². The average molecular weight is 295 g/mol. The molecule has 2 aromatic carbocycles. The second-order valence-electron chi connectivity index (χ2n) is 4.20. The summed E-state index contributed by atoms with van der Waals surface area (Å²) in [6.07, 6.45) is -0.140. The van der Waals surface area contributed by atoms with Crippen molar-refractivity contribution in [3.8, 4) is 5.75 Å². The molecule has 0 spiro atoms. The van der Waals surface area contributed by atoms with Crippen LogP contribution < -0.4 is 4.74 Å². The molecule has 0 amide bonds. The maximum Gasteiger partial charge on any atom is 0.307 e. The van der Waals surface area contributed by atoms with Gasteiger partial charge in [0.2, 0.25) is 0 Å². The van der Waals surface area contributed by atoms with E-state index in [1.807, 2.05) is 0 Å². The van der Waals surface area contributed by atoms with Crippen LogP contribution in [0.1, 0.15) is 11.1 Å². The fraction of sp³-hybridized carbons (Fsp3) is 0.133. The van der Waals surface area contributed by atoms with Crippen molar-refractivity contribution in [3.63, 3.8) is 0 Å². The first-order valence-electron chi connectivity index (χ1n) is 5.92. The van der Waals surface area contributed by atoms with E-state index in [1.165, 1.54) is 12.1 Å². The van der Waals surface area contributed by atoms with Crippen LogP contribution in [0.5, 0.6) is 5.75 Å². The average Bonchev–Trinajstić information content (AvgIpc) is 2.39. The van der Waals surface area contributed by atoms with Gasteiger partial charge in [-0.15, -0.1) is 0 Å². The van der Waals surface area contributed by atoms with Crippen LogP contribution in [0.4, 0.5) is 4.39 Å². The number of halogens is 2. The predicted molar refractivity (Wildman–Crippen MR) is 73.5 cm³/mol. The minimum atomic E-state index is -0.946. The highest BCUT2D eigenvalue weighted by Crippen LogP contribution is 2.21. The molecule has 20 heavy (non-hydrogen) atoms. The maximum atomic E-state index is 13.6. The molecule has 5 heteroatoms. The van der Waals surface area contributed by atoms with Crippen molar-refractivity contribution in [1.29, 1.82) is 0 Å². The number of rotatable bonds is 5. The van der Waals surface area contributed by atoms with Crippen molar-refractivity contribution in [1.82, 2.24) is 0 Å². The van der Waals surface area contributed by atoms with Crippen molar-refractivity contribution in [2.45, 2.75) is 13.0 Å². The predicted octanol–water partition coefficient (Wildman–Crippen LogP) is 3.69. The van der Waals surface area contributed by atoms with Crippen molar-refractivity contribution in [2.24, 2.45) is 0 Å². The minimum Gasteiger partial charge on any atom is -0.488 e. The molecule has 0 radical (unpaired) electrons. The van der Waals surface area contributed by atoms with Crippen LogP contribution in [0.15, 0.2) is 42.5 Å².